The Kier molecular flexibility index (Phi) is 7.03. The van der Waals surface area contributed by atoms with Crippen LogP contribution in [0.1, 0.15) is 22.3 Å². The number of fused-ring (bicyclic) bond motifs is 20. The fraction of sp³-hybridized carbons (Fsp3) is 0.0164. The highest BCUT2D eigenvalue weighted by molar-refractivity contribution is 7.26. The lowest BCUT2D eigenvalue weighted by molar-refractivity contribution is 0.663. The molecule has 3 nitrogen and oxygen atoms in total. The first-order chi connectivity index (χ1) is 32.3. The molecule has 65 heavy (non-hydrogen) atoms. The van der Waals surface area contributed by atoms with Crippen LogP contribution >= 0.6 is 11.3 Å². The Bertz CT molecular complexity index is 4090. The van der Waals surface area contributed by atoms with Gasteiger partial charge in [0.1, 0.15) is 22.3 Å². The summed E-state index contributed by atoms with van der Waals surface area (Å²) in [5.74, 6) is 0. The SMILES string of the molecule is c1ccc(N(c2ccc3c(c2)C2(c4ccccc4-c4ccccc42)c2ccccc2-3)c2ccc3c(oc4ccc5oc6ccccc6c5c43)c2-c2cccc3c2sc2ccccc23)cc1. The van der Waals surface area contributed by atoms with Crippen LogP contribution in [0.15, 0.2) is 221 Å². The third-order valence-electron chi connectivity index (χ3n) is 14.3. The summed E-state index contributed by atoms with van der Waals surface area (Å²) in [6, 6.07) is 77.7. The van der Waals surface area contributed by atoms with E-state index in [4.69, 9.17) is 8.83 Å². The molecule has 2 aliphatic carbocycles. The molecule has 13 aromatic rings. The molecule has 3 aromatic heterocycles. The topological polar surface area (TPSA) is 29.5 Å². The Hall–Kier alpha value is -8.18. The highest BCUT2D eigenvalue weighted by atomic mass is 32.1. The van der Waals surface area contributed by atoms with E-state index in [2.05, 4.69) is 211 Å². The number of hydrogen-bond donors (Lipinski definition) is 0. The van der Waals surface area contributed by atoms with Gasteiger partial charge in [0, 0.05) is 58.7 Å². The zero-order chi connectivity index (χ0) is 42.4. The van der Waals surface area contributed by atoms with Gasteiger partial charge < -0.3 is 13.7 Å². The second-order valence-electron chi connectivity index (χ2n) is 17.4. The number of nitrogens with zero attached hydrogens (tertiary/aromatic N) is 1. The van der Waals surface area contributed by atoms with Crippen molar-refractivity contribution in [2.24, 2.45) is 0 Å². The summed E-state index contributed by atoms with van der Waals surface area (Å²) in [5, 5.41) is 6.80. The van der Waals surface area contributed by atoms with Crippen molar-refractivity contribution in [3.05, 3.63) is 235 Å². The first-order valence-corrected chi connectivity index (χ1v) is 23.1. The highest BCUT2D eigenvalue weighted by Crippen LogP contribution is 2.63. The molecule has 4 heteroatoms. The summed E-state index contributed by atoms with van der Waals surface area (Å²) in [5.41, 5.74) is 18.7. The lowest BCUT2D eigenvalue weighted by Crippen LogP contribution is -2.26. The average Bonchev–Trinajstić information content (AvgIpc) is 4.17. The molecular weight excluding hydrogens is 811 g/mol. The van der Waals surface area contributed by atoms with Crippen molar-refractivity contribution in [1.82, 2.24) is 0 Å². The van der Waals surface area contributed by atoms with E-state index in [0.29, 0.717) is 0 Å². The smallest absolute Gasteiger partial charge is 0.145 e. The third kappa shape index (κ3) is 4.58. The highest BCUT2D eigenvalue weighted by Gasteiger charge is 2.51. The van der Waals surface area contributed by atoms with Gasteiger partial charge in [-0.15, -0.1) is 11.3 Å². The second kappa shape index (κ2) is 12.9. The van der Waals surface area contributed by atoms with Gasteiger partial charge in [-0.05, 0) is 105 Å². The molecule has 10 aromatic carbocycles. The van der Waals surface area contributed by atoms with E-state index in [1.165, 1.54) is 64.7 Å². The van der Waals surface area contributed by atoms with E-state index < -0.39 is 5.41 Å². The van der Waals surface area contributed by atoms with Crippen LogP contribution in [0.3, 0.4) is 0 Å². The van der Waals surface area contributed by atoms with Gasteiger partial charge >= 0.3 is 0 Å². The van der Waals surface area contributed by atoms with Crippen LogP contribution in [0.4, 0.5) is 17.1 Å². The summed E-state index contributed by atoms with van der Waals surface area (Å²) in [4.78, 5) is 2.46. The molecule has 0 N–H and O–H groups in total. The van der Waals surface area contributed by atoms with Gasteiger partial charge in [-0.25, -0.2) is 0 Å². The minimum Gasteiger partial charge on any atom is -0.456 e. The van der Waals surface area contributed by atoms with Crippen molar-refractivity contribution in [3.63, 3.8) is 0 Å². The van der Waals surface area contributed by atoms with Crippen LogP contribution in [0.25, 0.3) is 97.4 Å². The average molecular weight is 846 g/mol. The zero-order valence-electron chi connectivity index (χ0n) is 34.9. The normalized spacial score (nSPS) is 13.4. The summed E-state index contributed by atoms with van der Waals surface area (Å²) in [6.07, 6.45) is 0. The summed E-state index contributed by atoms with van der Waals surface area (Å²) >= 11 is 1.85. The molecule has 0 radical (unpaired) electrons. The number of hydrogen-bond acceptors (Lipinski definition) is 4. The molecule has 0 atom stereocenters. The van der Waals surface area contributed by atoms with E-state index in [1.54, 1.807) is 0 Å². The van der Waals surface area contributed by atoms with E-state index in [9.17, 15) is 0 Å². The quantitative estimate of drug-likeness (QED) is 0.177. The van der Waals surface area contributed by atoms with E-state index >= 15 is 0 Å². The van der Waals surface area contributed by atoms with Crippen LogP contribution < -0.4 is 4.90 Å². The maximum absolute atomic E-state index is 7.26. The molecule has 15 rings (SSSR count). The standard InChI is InChI=1S/C61H35NO2S/c1-2-15-36(16-3-1)62(37-29-30-41-40-19-6-11-26-49(40)61(50(41)35-37)47-24-9-4-17-38(47)39-18-5-10-25-48(39)61)51-32-31-45-58-54(34-33-53-57(58)44-21-7-12-27-52(44)63-53)64-59(45)56(51)46-23-14-22-43-42-20-8-13-28-55(42)65-60(43)46/h1-35H. The van der Waals surface area contributed by atoms with Gasteiger partial charge in [-0.2, -0.15) is 0 Å². The van der Waals surface area contributed by atoms with E-state index in [1.807, 2.05) is 17.4 Å². The fourth-order valence-electron chi connectivity index (χ4n) is 11.8. The summed E-state index contributed by atoms with van der Waals surface area (Å²) in [6.45, 7) is 0. The maximum Gasteiger partial charge on any atom is 0.145 e. The lowest BCUT2D eigenvalue weighted by atomic mass is 9.70. The second-order valence-corrected chi connectivity index (χ2v) is 18.5. The predicted molar refractivity (Wildman–Crippen MR) is 270 cm³/mol. The third-order valence-corrected chi connectivity index (χ3v) is 15.5. The van der Waals surface area contributed by atoms with E-state index in [0.717, 1.165) is 72.1 Å². The van der Waals surface area contributed by atoms with Crippen molar-refractivity contribution >= 4 is 92.4 Å². The number of furan rings is 2. The van der Waals surface area contributed by atoms with Gasteiger partial charge in [0.05, 0.1) is 16.7 Å². The molecule has 302 valence electrons. The number of rotatable bonds is 4. The minimum absolute atomic E-state index is 0.482. The van der Waals surface area contributed by atoms with Crippen molar-refractivity contribution in [2.45, 2.75) is 5.41 Å². The van der Waals surface area contributed by atoms with Crippen LogP contribution in [-0.4, -0.2) is 0 Å². The fourth-order valence-corrected chi connectivity index (χ4v) is 13.0. The Morgan fingerprint density at radius 1 is 0.369 bits per heavy atom. The van der Waals surface area contributed by atoms with Gasteiger partial charge in [0.15, 0.2) is 0 Å². The summed E-state index contributed by atoms with van der Waals surface area (Å²) < 4.78 is 16.2. The van der Waals surface area contributed by atoms with Gasteiger partial charge in [0.25, 0.3) is 0 Å². The van der Waals surface area contributed by atoms with Crippen LogP contribution in [0, 0.1) is 0 Å². The number of thiophene rings is 1. The molecule has 0 amide bonds. The van der Waals surface area contributed by atoms with Gasteiger partial charge in [0.2, 0.25) is 0 Å². The Morgan fingerprint density at radius 2 is 0.954 bits per heavy atom. The van der Waals surface area contributed by atoms with Crippen molar-refractivity contribution < 1.29 is 8.83 Å². The Morgan fingerprint density at radius 3 is 1.71 bits per heavy atom. The molecule has 0 unspecified atom stereocenters. The predicted octanol–water partition coefficient (Wildman–Crippen LogP) is 17.3. The molecule has 0 saturated heterocycles. The molecule has 2 aliphatic rings. The molecule has 0 fully saturated rings. The summed E-state index contributed by atoms with van der Waals surface area (Å²) in [7, 11) is 0. The van der Waals surface area contributed by atoms with Crippen LogP contribution in [0.5, 0.6) is 0 Å². The first-order valence-electron chi connectivity index (χ1n) is 22.2. The molecule has 0 aliphatic heterocycles. The molecule has 1 spiro atoms. The molecule has 0 saturated carbocycles. The maximum atomic E-state index is 7.26. The Balaban J connectivity index is 1.06. The van der Waals surface area contributed by atoms with Gasteiger partial charge in [-0.1, -0.05) is 152 Å². The Labute approximate surface area is 377 Å². The van der Waals surface area contributed by atoms with Crippen molar-refractivity contribution in [3.8, 4) is 33.4 Å². The zero-order valence-corrected chi connectivity index (χ0v) is 35.7. The molecule has 3 heterocycles. The number of anilines is 3. The lowest BCUT2D eigenvalue weighted by Gasteiger charge is -2.32. The van der Waals surface area contributed by atoms with E-state index in [-0.39, 0.29) is 0 Å². The largest absolute Gasteiger partial charge is 0.456 e. The number of benzene rings is 10. The molecule has 0 bridgehead atoms. The van der Waals surface area contributed by atoms with Crippen LogP contribution in [0.2, 0.25) is 0 Å². The first kappa shape index (κ1) is 35.3. The minimum atomic E-state index is -0.482. The van der Waals surface area contributed by atoms with Crippen LogP contribution in [-0.2, 0) is 5.41 Å². The van der Waals surface area contributed by atoms with Crippen molar-refractivity contribution in [2.75, 3.05) is 4.90 Å². The van der Waals surface area contributed by atoms with Crippen molar-refractivity contribution in [1.29, 1.82) is 0 Å². The molecular formula is C61H35NO2S. The number of para-hydroxylation sites is 2. The van der Waals surface area contributed by atoms with Gasteiger partial charge in [-0.3, -0.25) is 0 Å². The monoisotopic (exact) mass is 845 g/mol.